The highest BCUT2D eigenvalue weighted by Gasteiger charge is 2.04. The Labute approximate surface area is 117 Å². The van der Waals surface area contributed by atoms with Gasteiger partial charge in [-0.15, -0.1) is 0 Å². The maximum atomic E-state index is 12.9. The van der Waals surface area contributed by atoms with Crippen LogP contribution in [0, 0.1) is 5.82 Å². The smallest absolute Gasteiger partial charge is 0.144 e. The molecule has 2 heterocycles. The number of halogens is 1. The van der Waals surface area contributed by atoms with Crippen LogP contribution in [-0.2, 0) is 0 Å². The maximum absolute atomic E-state index is 12.9. The average molecular weight is 270 g/mol. The Balaban J connectivity index is 0.00000161. The van der Waals surface area contributed by atoms with Crippen LogP contribution in [0.15, 0.2) is 52.6 Å². The predicted octanol–water partition coefficient (Wildman–Crippen LogP) is 3.03. The van der Waals surface area contributed by atoms with Crippen LogP contribution >= 0.6 is 0 Å². The van der Waals surface area contributed by atoms with Crippen molar-refractivity contribution in [2.75, 3.05) is 18.4 Å². The summed E-state index contributed by atoms with van der Waals surface area (Å²) in [5.74, 6) is 1.16. The van der Waals surface area contributed by atoms with Crippen LogP contribution in [0.3, 0.4) is 0 Å². The molecule has 0 fully saturated rings. The first-order valence-corrected chi connectivity index (χ1v) is 6.34. The van der Waals surface area contributed by atoms with Gasteiger partial charge in [-0.05, 0) is 35.4 Å². The van der Waals surface area contributed by atoms with Gasteiger partial charge in [-0.1, -0.05) is 12.1 Å². The van der Waals surface area contributed by atoms with Gasteiger partial charge in [-0.25, -0.2) is 9.37 Å². The molecule has 1 aliphatic heterocycles. The third-order valence-corrected chi connectivity index (χ3v) is 2.92. The second kappa shape index (κ2) is 5.61. The number of anilines is 1. The minimum atomic E-state index is -0.242. The van der Waals surface area contributed by atoms with Crippen molar-refractivity contribution in [3.8, 4) is 11.1 Å². The zero-order valence-corrected chi connectivity index (χ0v) is 10.8. The number of rotatable bonds is 2. The van der Waals surface area contributed by atoms with Crippen LogP contribution in [-0.4, -0.2) is 30.1 Å². The molecule has 5 heteroatoms. The molecule has 0 bridgehead atoms. The molecule has 0 spiro atoms. The SMILES string of the molecule is Fc1ccc(-c2ccnc(NC3=NCCN=C3)c2)cc1.[HH]. The topological polar surface area (TPSA) is 49.6 Å². The number of hydrogen-bond donors (Lipinski definition) is 1. The molecule has 20 heavy (non-hydrogen) atoms. The van der Waals surface area contributed by atoms with Crippen molar-refractivity contribution >= 4 is 17.9 Å². The lowest BCUT2D eigenvalue weighted by Gasteiger charge is -2.09. The second-order valence-corrected chi connectivity index (χ2v) is 4.36. The molecule has 3 rings (SSSR count). The highest BCUT2D eigenvalue weighted by Crippen LogP contribution is 2.21. The summed E-state index contributed by atoms with van der Waals surface area (Å²) in [5.41, 5.74) is 1.91. The van der Waals surface area contributed by atoms with E-state index >= 15 is 0 Å². The molecule has 1 aliphatic rings. The third-order valence-electron chi connectivity index (χ3n) is 2.92. The molecule has 102 valence electrons. The van der Waals surface area contributed by atoms with Gasteiger partial charge >= 0.3 is 0 Å². The van der Waals surface area contributed by atoms with Crippen molar-refractivity contribution in [1.29, 1.82) is 0 Å². The van der Waals surface area contributed by atoms with Crippen molar-refractivity contribution in [1.82, 2.24) is 4.98 Å². The van der Waals surface area contributed by atoms with E-state index in [2.05, 4.69) is 20.3 Å². The van der Waals surface area contributed by atoms with Gasteiger partial charge in [0.05, 0.1) is 19.3 Å². The summed E-state index contributed by atoms with van der Waals surface area (Å²) in [6, 6.07) is 10.2. The fraction of sp³-hybridized carbons (Fsp3) is 0.133. The standard InChI is InChI=1S/C15H13FN4.H2/c16-13-3-1-11(2-4-13)12-5-6-18-14(9-12)20-15-10-17-7-8-19-15;/h1-6,9-10H,7-8H2,(H,18,19,20);1H. The second-order valence-electron chi connectivity index (χ2n) is 4.36. The Morgan fingerprint density at radius 3 is 2.65 bits per heavy atom. The fourth-order valence-electron chi connectivity index (χ4n) is 1.94. The van der Waals surface area contributed by atoms with E-state index in [0.717, 1.165) is 17.7 Å². The normalized spacial score (nSPS) is 13.9. The van der Waals surface area contributed by atoms with E-state index in [-0.39, 0.29) is 7.24 Å². The predicted molar refractivity (Wildman–Crippen MR) is 81.0 cm³/mol. The van der Waals surface area contributed by atoms with Crippen LogP contribution in [0.2, 0.25) is 0 Å². The molecule has 0 amide bonds. The van der Waals surface area contributed by atoms with E-state index in [9.17, 15) is 4.39 Å². The van der Waals surface area contributed by atoms with Gasteiger partial charge in [-0.2, -0.15) is 0 Å². The van der Waals surface area contributed by atoms with Crippen molar-refractivity contribution < 1.29 is 5.82 Å². The first-order chi connectivity index (χ1) is 9.81. The van der Waals surface area contributed by atoms with Crippen LogP contribution < -0.4 is 5.32 Å². The Morgan fingerprint density at radius 1 is 1.05 bits per heavy atom. The number of aromatic nitrogens is 1. The third kappa shape index (κ3) is 2.88. The molecule has 0 saturated heterocycles. The monoisotopic (exact) mass is 270 g/mol. The van der Waals surface area contributed by atoms with Gasteiger partial charge in [0, 0.05) is 7.62 Å². The molecule has 1 aromatic heterocycles. The van der Waals surface area contributed by atoms with Gasteiger partial charge < -0.3 is 5.32 Å². The summed E-state index contributed by atoms with van der Waals surface area (Å²) in [4.78, 5) is 12.7. The Kier molecular flexibility index (Phi) is 3.50. The van der Waals surface area contributed by atoms with Crippen LogP contribution in [0.25, 0.3) is 11.1 Å². The molecule has 1 aromatic carbocycles. The Hall–Kier alpha value is -2.56. The van der Waals surface area contributed by atoms with Crippen molar-refractivity contribution in [3.63, 3.8) is 0 Å². The lowest BCUT2D eigenvalue weighted by molar-refractivity contribution is 0.628. The molecule has 0 saturated carbocycles. The first-order valence-electron chi connectivity index (χ1n) is 6.34. The summed E-state index contributed by atoms with van der Waals surface area (Å²) in [6.07, 6.45) is 3.41. The molecule has 4 nitrogen and oxygen atoms in total. The highest BCUT2D eigenvalue weighted by atomic mass is 19.1. The molecule has 0 atom stereocenters. The highest BCUT2D eigenvalue weighted by molar-refractivity contribution is 6.35. The number of hydrogen-bond acceptors (Lipinski definition) is 4. The van der Waals surface area contributed by atoms with E-state index in [4.69, 9.17) is 0 Å². The van der Waals surface area contributed by atoms with Gasteiger partial charge in [-0.3, -0.25) is 9.98 Å². The molecule has 1 N–H and O–H groups in total. The van der Waals surface area contributed by atoms with Crippen molar-refractivity contribution in [2.24, 2.45) is 9.98 Å². The summed E-state index contributed by atoms with van der Waals surface area (Å²) in [5, 5.41) is 3.12. The molecular weight excluding hydrogens is 255 g/mol. The summed E-state index contributed by atoms with van der Waals surface area (Å²) >= 11 is 0. The molecule has 0 aliphatic carbocycles. The minimum absolute atomic E-state index is 0. The lowest BCUT2D eigenvalue weighted by atomic mass is 10.1. The summed E-state index contributed by atoms with van der Waals surface area (Å²) in [6.45, 7) is 1.42. The molecular formula is C15H15FN4. The van der Waals surface area contributed by atoms with E-state index in [1.165, 1.54) is 12.1 Å². The van der Waals surface area contributed by atoms with Crippen LogP contribution in [0.4, 0.5) is 10.2 Å². The van der Waals surface area contributed by atoms with E-state index in [1.54, 1.807) is 24.5 Å². The van der Waals surface area contributed by atoms with Gasteiger partial charge in [0.25, 0.3) is 0 Å². The van der Waals surface area contributed by atoms with Gasteiger partial charge in [0.15, 0.2) is 0 Å². The number of aliphatic imine (C=N–C) groups is 2. The molecule has 0 unspecified atom stereocenters. The summed E-state index contributed by atoms with van der Waals surface area (Å²) in [7, 11) is 0. The quantitative estimate of drug-likeness (QED) is 0.911. The molecule has 0 radical (unpaired) electrons. The molecule has 2 aromatic rings. The fourth-order valence-corrected chi connectivity index (χ4v) is 1.94. The van der Waals surface area contributed by atoms with Crippen molar-refractivity contribution in [3.05, 3.63) is 48.4 Å². The van der Waals surface area contributed by atoms with E-state index < -0.39 is 0 Å². The van der Waals surface area contributed by atoms with Crippen molar-refractivity contribution in [2.45, 2.75) is 0 Å². The number of nitrogens with zero attached hydrogens (tertiary/aromatic N) is 3. The number of pyridine rings is 1. The average Bonchev–Trinajstić information content (AvgIpc) is 2.49. The van der Waals surface area contributed by atoms with Crippen LogP contribution in [0.5, 0.6) is 0 Å². The Morgan fingerprint density at radius 2 is 1.90 bits per heavy atom. The van der Waals surface area contributed by atoms with E-state index in [0.29, 0.717) is 18.2 Å². The van der Waals surface area contributed by atoms with E-state index in [1.807, 2.05) is 12.1 Å². The lowest BCUT2D eigenvalue weighted by Crippen LogP contribution is -2.18. The number of nitrogens with one attached hydrogen (secondary N) is 1. The zero-order valence-electron chi connectivity index (χ0n) is 10.8. The Bertz CT molecular complexity index is 668. The number of amidine groups is 1. The first kappa shape index (κ1) is 12.5. The minimum Gasteiger partial charge on any atom is -0.324 e. The van der Waals surface area contributed by atoms with Gasteiger partial charge in [0.2, 0.25) is 0 Å². The largest absolute Gasteiger partial charge is 0.324 e. The maximum Gasteiger partial charge on any atom is 0.144 e. The zero-order chi connectivity index (χ0) is 13.8. The summed E-state index contributed by atoms with van der Waals surface area (Å²) < 4.78 is 12.9. The van der Waals surface area contributed by atoms with Crippen LogP contribution in [0.1, 0.15) is 1.43 Å². The number of benzene rings is 1. The van der Waals surface area contributed by atoms with Gasteiger partial charge in [0.1, 0.15) is 17.5 Å².